The van der Waals surface area contributed by atoms with Crippen LogP contribution in [0.5, 0.6) is 5.75 Å². The Morgan fingerprint density at radius 1 is 1.47 bits per heavy atom. The van der Waals surface area contributed by atoms with E-state index in [0.717, 1.165) is 6.54 Å². The Kier molecular flexibility index (Phi) is 4.59. The van der Waals surface area contributed by atoms with Gasteiger partial charge in [0.1, 0.15) is 18.2 Å². The summed E-state index contributed by atoms with van der Waals surface area (Å²) in [4.78, 5) is 1.99. The molecule has 0 atom stereocenters. The lowest BCUT2D eigenvalue weighted by Crippen LogP contribution is -2.19. The molecular formula is C10H14FIN2O. The van der Waals surface area contributed by atoms with E-state index in [-0.39, 0.29) is 5.82 Å². The number of ether oxygens (including phenoxy) is 1. The third-order valence-electron chi connectivity index (χ3n) is 1.85. The van der Waals surface area contributed by atoms with Crippen LogP contribution in [0.4, 0.5) is 10.1 Å². The molecule has 15 heavy (non-hydrogen) atoms. The molecule has 1 aromatic rings. The fourth-order valence-corrected chi connectivity index (χ4v) is 1.50. The van der Waals surface area contributed by atoms with Crippen molar-refractivity contribution in [2.24, 2.45) is 0 Å². The van der Waals surface area contributed by atoms with Crippen LogP contribution in [0.15, 0.2) is 12.1 Å². The third-order valence-corrected chi connectivity index (χ3v) is 2.68. The van der Waals surface area contributed by atoms with E-state index in [1.165, 1.54) is 6.07 Å². The van der Waals surface area contributed by atoms with E-state index < -0.39 is 0 Å². The summed E-state index contributed by atoms with van der Waals surface area (Å²) >= 11 is 1.90. The standard InChI is InChI=1S/C10H14FIN2O/c1-14(2)3-4-15-10-5-7(11)8(12)6-9(10)13/h5-6H,3-4,13H2,1-2H3. The van der Waals surface area contributed by atoms with Crippen molar-refractivity contribution in [1.29, 1.82) is 0 Å². The first-order valence-electron chi connectivity index (χ1n) is 4.52. The Labute approximate surface area is 103 Å². The molecule has 0 aliphatic heterocycles. The predicted octanol–water partition coefficient (Wildman–Crippen LogP) is 1.95. The van der Waals surface area contributed by atoms with Gasteiger partial charge in [0.25, 0.3) is 0 Å². The average Bonchev–Trinajstić information content (AvgIpc) is 2.13. The fourth-order valence-electron chi connectivity index (χ4n) is 1.01. The number of nitrogen functional groups attached to an aromatic ring is 1. The van der Waals surface area contributed by atoms with Crippen LogP contribution < -0.4 is 10.5 Å². The number of rotatable bonds is 4. The second-order valence-electron chi connectivity index (χ2n) is 3.46. The van der Waals surface area contributed by atoms with Crippen molar-refractivity contribution in [1.82, 2.24) is 4.90 Å². The van der Waals surface area contributed by atoms with Gasteiger partial charge in [0.15, 0.2) is 0 Å². The van der Waals surface area contributed by atoms with Gasteiger partial charge >= 0.3 is 0 Å². The number of halogens is 2. The summed E-state index contributed by atoms with van der Waals surface area (Å²) in [6, 6.07) is 2.90. The first kappa shape index (κ1) is 12.5. The van der Waals surface area contributed by atoms with Crippen LogP contribution in [-0.2, 0) is 0 Å². The molecule has 84 valence electrons. The van der Waals surface area contributed by atoms with Crippen LogP contribution in [0.2, 0.25) is 0 Å². The molecule has 0 bridgehead atoms. The van der Waals surface area contributed by atoms with E-state index in [2.05, 4.69) is 0 Å². The third kappa shape index (κ3) is 3.83. The molecule has 0 aromatic heterocycles. The van der Waals surface area contributed by atoms with E-state index in [1.54, 1.807) is 6.07 Å². The number of benzene rings is 1. The lowest BCUT2D eigenvalue weighted by molar-refractivity contribution is 0.261. The number of nitrogens with two attached hydrogens (primary N) is 1. The van der Waals surface area contributed by atoms with Gasteiger partial charge in [0.05, 0.1) is 9.26 Å². The minimum atomic E-state index is -0.301. The molecular weight excluding hydrogens is 310 g/mol. The highest BCUT2D eigenvalue weighted by atomic mass is 127. The van der Waals surface area contributed by atoms with Crippen molar-refractivity contribution < 1.29 is 9.13 Å². The molecule has 2 N–H and O–H groups in total. The maximum absolute atomic E-state index is 13.2. The van der Waals surface area contributed by atoms with Gasteiger partial charge in [-0.15, -0.1) is 0 Å². The molecule has 0 aliphatic carbocycles. The van der Waals surface area contributed by atoms with Crippen LogP contribution in [0.1, 0.15) is 0 Å². The first-order valence-corrected chi connectivity index (χ1v) is 5.60. The van der Waals surface area contributed by atoms with Gasteiger partial charge in [-0.3, -0.25) is 0 Å². The fraction of sp³-hybridized carbons (Fsp3) is 0.400. The summed E-state index contributed by atoms with van der Waals surface area (Å²) in [5.41, 5.74) is 6.17. The molecule has 0 aliphatic rings. The molecule has 0 heterocycles. The van der Waals surface area contributed by atoms with Gasteiger partial charge in [-0.25, -0.2) is 4.39 Å². The summed E-state index contributed by atoms with van der Waals surface area (Å²) in [6.45, 7) is 1.27. The second-order valence-corrected chi connectivity index (χ2v) is 4.62. The van der Waals surface area contributed by atoms with E-state index in [0.29, 0.717) is 21.6 Å². The Morgan fingerprint density at radius 2 is 2.13 bits per heavy atom. The topological polar surface area (TPSA) is 38.5 Å². The summed E-state index contributed by atoms with van der Waals surface area (Å²) in [7, 11) is 3.89. The zero-order valence-corrected chi connectivity index (χ0v) is 10.9. The van der Waals surface area contributed by atoms with Gasteiger partial charge in [0, 0.05) is 12.6 Å². The molecule has 0 unspecified atom stereocenters. The Balaban J connectivity index is 2.65. The first-order chi connectivity index (χ1) is 7.00. The van der Waals surface area contributed by atoms with Crippen molar-refractivity contribution in [2.45, 2.75) is 0 Å². The van der Waals surface area contributed by atoms with E-state index in [1.807, 2.05) is 41.6 Å². The van der Waals surface area contributed by atoms with Crippen LogP contribution >= 0.6 is 22.6 Å². The van der Waals surface area contributed by atoms with Crippen molar-refractivity contribution in [2.75, 3.05) is 33.0 Å². The molecule has 0 fully saturated rings. The minimum Gasteiger partial charge on any atom is -0.490 e. The predicted molar refractivity (Wildman–Crippen MR) is 67.6 cm³/mol. The minimum absolute atomic E-state index is 0.301. The zero-order valence-electron chi connectivity index (χ0n) is 8.76. The maximum atomic E-state index is 13.2. The molecule has 0 saturated heterocycles. The molecule has 1 aromatic carbocycles. The van der Waals surface area contributed by atoms with Crippen molar-refractivity contribution in [3.8, 4) is 5.75 Å². The van der Waals surface area contributed by atoms with Gasteiger partial charge in [-0.1, -0.05) is 0 Å². The molecule has 0 spiro atoms. The number of anilines is 1. The molecule has 0 saturated carbocycles. The van der Waals surface area contributed by atoms with E-state index in [4.69, 9.17) is 10.5 Å². The summed E-state index contributed by atoms with van der Waals surface area (Å²) in [6.07, 6.45) is 0. The summed E-state index contributed by atoms with van der Waals surface area (Å²) < 4.78 is 19.1. The van der Waals surface area contributed by atoms with Crippen LogP contribution in [-0.4, -0.2) is 32.1 Å². The van der Waals surface area contributed by atoms with Gasteiger partial charge < -0.3 is 15.4 Å². The second kappa shape index (κ2) is 5.50. The Bertz CT molecular complexity index is 344. The number of nitrogens with zero attached hydrogens (tertiary/aromatic N) is 1. The molecule has 3 nitrogen and oxygen atoms in total. The van der Waals surface area contributed by atoms with E-state index in [9.17, 15) is 4.39 Å². The lowest BCUT2D eigenvalue weighted by Gasteiger charge is -2.12. The van der Waals surface area contributed by atoms with Crippen LogP contribution in [0.3, 0.4) is 0 Å². The van der Waals surface area contributed by atoms with Gasteiger partial charge in [0.2, 0.25) is 0 Å². The quantitative estimate of drug-likeness (QED) is 0.680. The average molecular weight is 324 g/mol. The largest absolute Gasteiger partial charge is 0.490 e. The maximum Gasteiger partial charge on any atom is 0.145 e. The van der Waals surface area contributed by atoms with Gasteiger partial charge in [-0.05, 0) is 42.8 Å². The number of hydrogen-bond donors (Lipinski definition) is 1. The highest BCUT2D eigenvalue weighted by Gasteiger charge is 2.06. The lowest BCUT2D eigenvalue weighted by atomic mass is 10.3. The monoisotopic (exact) mass is 324 g/mol. The van der Waals surface area contributed by atoms with Crippen molar-refractivity contribution in [3.63, 3.8) is 0 Å². The normalized spacial score (nSPS) is 10.7. The van der Waals surface area contributed by atoms with Crippen molar-refractivity contribution >= 4 is 28.3 Å². The Hall–Kier alpha value is -0.560. The SMILES string of the molecule is CN(C)CCOc1cc(F)c(I)cc1N. The number of hydrogen-bond acceptors (Lipinski definition) is 3. The Morgan fingerprint density at radius 3 is 2.73 bits per heavy atom. The molecule has 1 rings (SSSR count). The summed E-state index contributed by atoms with van der Waals surface area (Å²) in [5.74, 6) is 0.111. The highest BCUT2D eigenvalue weighted by molar-refractivity contribution is 14.1. The molecule has 0 radical (unpaired) electrons. The smallest absolute Gasteiger partial charge is 0.145 e. The van der Waals surface area contributed by atoms with E-state index >= 15 is 0 Å². The van der Waals surface area contributed by atoms with Crippen LogP contribution in [0, 0.1) is 9.39 Å². The summed E-state index contributed by atoms with van der Waals surface area (Å²) in [5, 5.41) is 0. The number of likely N-dealkylation sites (N-methyl/N-ethyl adjacent to an activating group) is 1. The van der Waals surface area contributed by atoms with Gasteiger partial charge in [-0.2, -0.15) is 0 Å². The zero-order chi connectivity index (χ0) is 11.4. The molecule has 5 heteroatoms. The highest BCUT2D eigenvalue weighted by Crippen LogP contribution is 2.26. The van der Waals surface area contributed by atoms with Crippen LogP contribution in [0.25, 0.3) is 0 Å². The van der Waals surface area contributed by atoms with Crippen molar-refractivity contribution in [3.05, 3.63) is 21.5 Å². The molecule has 0 amide bonds.